The van der Waals surface area contributed by atoms with Crippen LogP contribution in [0.5, 0.6) is 0 Å². The molecule has 0 aliphatic rings. The number of rotatable bonds is 5. The zero-order valence-electron chi connectivity index (χ0n) is 18.5. The average molecular weight is 459 g/mol. The normalized spacial score (nSPS) is 11.4. The van der Waals surface area contributed by atoms with E-state index in [2.05, 4.69) is 10.3 Å². The van der Waals surface area contributed by atoms with Crippen LogP contribution in [0.4, 0.5) is 5.13 Å². The van der Waals surface area contributed by atoms with Gasteiger partial charge in [0.15, 0.2) is 10.8 Å². The number of carbonyl (C=O) groups excluding carboxylic acids is 2. The lowest BCUT2D eigenvalue weighted by atomic mass is 10.2. The molecular formula is C24H22N6O2S. The van der Waals surface area contributed by atoms with Gasteiger partial charge in [0.1, 0.15) is 10.4 Å². The van der Waals surface area contributed by atoms with E-state index in [-0.39, 0.29) is 18.2 Å². The van der Waals surface area contributed by atoms with Crippen LogP contribution in [-0.4, -0.2) is 50.3 Å². The SMILES string of the molecule is Cc1nc(NC(=O)CCn2c3ccccc3c3nc4ccccc4nc32)sc1C(=O)N(C)C. The fourth-order valence-corrected chi connectivity index (χ4v) is 4.86. The predicted molar refractivity (Wildman–Crippen MR) is 131 cm³/mol. The Bertz CT molecular complexity index is 1530. The van der Waals surface area contributed by atoms with E-state index in [1.54, 1.807) is 21.0 Å². The maximum Gasteiger partial charge on any atom is 0.265 e. The standard InChI is InChI=1S/C24H22N6O2S/c1-14-21(23(32)29(2)3)33-24(25-14)28-19(31)12-13-30-18-11-7-4-8-15(18)20-22(30)27-17-10-6-5-9-16(17)26-20/h4-11H,12-13H2,1-3H3,(H,25,28,31). The summed E-state index contributed by atoms with van der Waals surface area (Å²) in [7, 11) is 3.38. The van der Waals surface area contributed by atoms with E-state index in [9.17, 15) is 9.59 Å². The van der Waals surface area contributed by atoms with Gasteiger partial charge in [-0.1, -0.05) is 41.7 Å². The van der Waals surface area contributed by atoms with Gasteiger partial charge >= 0.3 is 0 Å². The molecule has 0 spiro atoms. The van der Waals surface area contributed by atoms with Crippen LogP contribution in [0, 0.1) is 6.92 Å². The number of carbonyl (C=O) groups is 2. The van der Waals surface area contributed by atoms with Gasteiger partial charge < -0.3 is 14.8 Å². The molecule has 0 aliphatic heterocycles. The molecule has 0 bridgehead atoms. The first-order valence-corrected chi connectivity index (χ1v) is 11.4. The van der Waals surface area contributed by atoms with Gasteiger partial charge in [-0.25, -0.2) is 15.0 Å². The third-order valence-electron chi connectivity index (χ3n) is 5.46. The summed E-state index contributed by atoms with van der Waals surface area (Å²) in [6.07, 6.45) is 0.234. The van der Waals surface area contributed by atoms with Crippen LogP contribution in [0.3, 0.4) is 0 Å². The van der Waals surface area contributed by atoms with Crippen LogP contribution in [0.25, 0.3) is 33.1 Å². The highest BCUT2D eigenvalue weighted by molar-refractivity contribution is 7.17. The molecule has 8 nitrogen and oxygen atoms in total. The van der Waals surface area contributed by atoms with Crippen molar-refractivity contribution in [2.75, 3.05) is 19.4 Å². The van der Waals surface area contributed by atoms with Crippen molar-refractivity contribution < 1.29 is 9.59 Å². The van der Waals surface area contributed by atoms with Gasteiger partial charge in [0.05, 0.1) is 22.2 Å². The molecule has 0 radical (unpaired) electrons. The Hall–Kier alpha value is -3.85. The van der Waals surface area contributed by atoms with E-state index >= 15 is 0 Å². The Morgan fingerprint density at radius 2 is 1.70 bits per heavy atom. The summed E-state index contributed by atoms with van der Waals surface area (Å²) in [5.41, 5.74) is 4.83. The number of aromatic nitrogens is 4. The predicted octanol–water partition coefficient (Wildman–Crippen LogP) is 4.23. The molecule has 0 saturated heterocycles. The molecule has 2 aromatic carbocycles. The number of amides is 2. The van der Waals surface area contributed by atoms with Crippen molar-refractivity contribution >= 4 is 61.4 Å². The lowest BCUT2D eigenvalue weighted by molar-refractivity contribution is -0.116. The number of para-hydroxylation sites is 3. The van der Waals surface area contributed by atoms with Crippen molar-refractivity contribution in [1.82, 2.24) is 24.4 Å². The quantitative estimate of drug-likeness (QED) is 0.425. The highest BCUT2D eigenvalue weighted by Crippen LogP contribution is 2.29. The molecule has 9 heteroatoms. The van der Waals surface area contributed by atoms with Crippen molar-refractivity contribution in [1.29, 1.82) is 0 Å². The van der Waals surface area contributed by atoms with Crippen LogP contribution < -0.4 is 5.32 Å². The molecule has 166 valence electrons. The minimum absolute atomic E-state index is 0.124. The van der Waals surface area contributed by atoms with Gasteiger partial charge in [-0.3, -0.25) is 9.59 Å². The first-order valence-electron chi connectivity index (χ1n) is 10.5. The summed E-state index contributed by atoms with van der Waals surface area (Å²) in [4.78, 5) is 41.0. The number of benzene rings is 2. The van der Waals surface area contributed by atoms with Crippen LogP contribution in [-0.2, 0) is 11.3 Å². The van der Waals surface area contributed by atoms with E-state index in [0.717, 1.165) is 33.1 Å². The Morgan fingerprint density at radius 1 is 1.00 bits per heavy atom. The fourth-order valence-electron chi connectivity index (χ4n) is 3.86. The minimum Gasteiger partial charge on any atom is -0.344 e. The highest BCUT2D eigenvalue weighted by Gasteiger charge is 2.19. The molecule has 33 heavy (non-hydrogen) atoms. The molecule has 0 fully saturated rings. The second-order valence-corrected chi connectivity index (χ2v) is 8.98. The number of fused-ring (bicyclic) bond motifs is 4. The van der Waals surface area contributed by atoms with E-state index in [4.69, 9.17) is 9.97 Å². The van der Waals surface area contributed by atoms with Gasteiger partial charge in [0.25, 0.3) is 5.91 Å². The average Bonchev–Trinajstić information content (AvgIpc) is 3.32. The number of aryl methyl sites for hydroxylation is 2. The van der Waals surface area contributed by atoms with Gasteiger partial charge in [0, 0.05) is 32.4 Å². The monoisotopic (exact) mass is 458 g/mol. The summed E-state index contributed by atoms with van der Waals surface area (Å²) < 4.78 is 2.04. The molecule has 3 aromatic heterocycles. The van der Waals surface area contributed by atoms with E-state index in [0.29, 0.717) is 22.2 Å². The zero-order valence-corrected chi connectivity index (χ0v) is 19.3. The van der Waals surface area contributed by atoms with Crippen molar-refractivity contribution in [3.8, 4) is 0 Å². The molecular weight excluding hydrogens is 436 g/mol. The van der Waals surface area contributed by atoms with Crippen LogP contribution in [0.2, 0.25) is 0 Å². The largest absolute Gasteiger partial charge is 0.344 e. The minimum atomic E-state index is -0.174. The number of hydrogen-bond donors (Lipinski definition) is 1. The molecule has 2 amide bonds. The van der Waals surface area contributed by atoms with E-state index in [1.807, 2.05) is 53.1 Å². The lowest BCUT2D eigenvalue weighted by Crippen LogP contribution is -2.21. The summed E-state index contributed by atoms with van der Waals surface area (Å²) >= 11 is 1.19. The van der Waals surface area contributed by atoms with Crippen molar-refractivity contribution in [2.24, 2.45) is 0 Å². The summed E-state index contributed by atoms with van der Waals surface area (Å²) in [5, 5.41) is 4.27. The van der Waals surface area contributed by atoms with Gasteiger partial charge in [-0.05, 0) is 25.1 Å². The zero-order chi connectivity index (χ0) is 23.1. The van der Waals surface area contributed by atoms with E-state index < -0.39 is 0 Å². The fraction of sp³-hybridized carbons (Fsp3) is 0.208. The van der Waals surface area contributed by atoms with Crippen LogP contribution >= 0.6 is 11.3 Å². The highest BCUT2D eigenvalue weighted by atomic mass is 32.1. The third kappa shape index (κ3) is 3.80. The van der Waals surface area contributed by atoms with Gasteiger partial charge in [-0.15, -0.1) is 0 Å². The van der Waals surface area contributed by atoms with Crippen molar-refractivity contribution in [3.05, 3.63) is 59.1 Å². The summed E-state index contributed by atoms with van der Waals surface area (Å²) in [6, 6.07) is 15.8. The second kappa shape index (κ2) is 8.25. The van der Waals surface area contributed by atoms with E-state index in [1.165, 1.54) is 16.2 Å². The number of hydrogen-bond acceptors (Lipinski definition) is 6. The summed E-state index contributed by atoms with van der Waals surface area (Å²) in [5.74, 6) is -0.297. The molecule has 5 aromatic rings. The Morgan fingerprint density at radius 3 is 2.45 bits per heavy atom. The molecule has 0 aliphatic carbocycles. The topological polar surface area (TPSA) is 93.0 Å². The third-order valence-corrected chi connectivity index (χ3v) is 6.52. The van der Waals surface area contributed by atoms with Gasteiger partial charge in [-0.2, -0.15) is 0 Å². The Labute approximate surface area is 193 Å². The maximum atomic E-state index is 12.7. The van der Waals surface area contributed by atoms with Crippen molar-refractivity contribution in [2.45, 2.75) is 19.9 Å². The van der Waals surface area contributed by atoms with Gasteiger partial charge in [0.2, 0.25) is 5.91 Å². The smallest absolute Gasteiger partial charge is 0.265 e. The first-order chi connectivity index (χ1) is 15.9. The number of nitrogens with one attached hydrogen (secondary N) is 1. The van der Waals surface area contributed by atoms with Crippen LogP contribution in [0.15, 0.2) is 48.5 Å². The number of anilines is 1. The molecule has 5 rings (SSSR count). The Kier molecular flexibility index (Phi) is 5.26. The summed E-state index contributed by atoms with van der Waals surface area (Å²) in [6.45, 7) is 2.21. The second-order valence-electron chi connectivity index (χ2n) is 7.98. The maximum absolute atomic E-state index is 12.7. The Balaban J connectivity index is 1.42. The van der Waals surface area contributed by atoms with Crippen LogP contribution in [0.1, 0.15) is 21.8 Å². The first kappa shape index (κ1) is 21.0. The lowest BCUT2D eigenvalue weighted by Gasteiger charge is -2.08. The number of nitrogens with zero attached hydrogens (tertiary/aromatic N) is 5. The molecule has 1 N–H and O–H groups in total. The number of thiazole rings is 1. The molecule has 0 saturated carbocycles. The molecule has 0 atom stereocenters. The van der Waals surface area contributed by atoms with Crippen molar-refractivity contribution in [3.63, 3.8) is 0 Å². The molecule has 3 heterocycles. The molecule has 0 unspecified atom stereocenters.